The van der Waals surface area contributed by atoms with Crippen LogP contribution in [-0.4, -0.2) is 33.9 Å². The lowest BCUT2D eigenvalue weighted by atomic mass is 9.97. The normalized spacial score (nSPS) is 16.9. The number of carbonyl (C=O) groups excluding carboxylic acids is 1. The summed E-state index contributed by atoms with van der Waals surface area (Å²) in [6, 6.07) is 13.3. The second kappa shape index (κ2) is 8.15. The Morgan fingerprint density at radius 1 is 1.25 bits per heavy atom. The molecular formula is C22H22ClN3O2. The minimum absolute atomic E-state index is 0.0265. The highest BCUT2D eigenvalue weighted by molar-refractivity contribution is 6.30. The van der Waals surface area contributed by atoms with Crippen LogP contribution in [0.2, 0.25) is 5.02 Å². The largest absolute Gasteiger partial charge is 0.445 e. The average Bonchev–Trinajstić information content (AvgIpc) is 3.18. The summed E-state index contributed by atoms with van der Waals surface area (Å²) in [4.78, 5) is 23.5. The van der Waals surface area contributed by atoms with E-state index in [2.05, 4.69) is 9.97 Å². The van der Waals surface area contributed by atoms with Gasteiger partial charge in [0.2, 0.25) is 0 Å². The highest BCUT2D eigenvalue weighted by Crippen LogP contribution is 2.28. The average molecular weight is 396 g/mol. The zero-order chi connectivity index (χ0) is 19.5. The van der Waals surface area contributed by atoms with E-state index in [1.54, 1.807) is 12.3 Å². The van der Waals surface area contributed by atoms with Crippen LogP contribution >= 0.6 is 11.6 Å². The van der Waals surface area contributed by atoms with Crippen molar-refractivity contribution >= 4 is 17.5 Å². The van der Waals surface area contributed by atoms with Crippen molar-refractivity contribution in [2.45, 2.75) is 32.1 Å². The van der Waals surface area contributed by atoms with E-state index in [4.69, 9.17) is 16.0 Å². The molecule has 0 radical (unpaired) electrons. The minimum Gasteiger partial charge on any atom is -0.445 e. The molecule has 1 atom stereocenters. The van der Waals surface area contributed by atoms with E-state index in [1.807, 2.05) is 48.2 Å². The predicted octanol–water partition coefficient (Wildman–Crippen LogP) is 4.64. The molecule has 1 unspecified atom stereocenters. The molecule has 1 fully saturated rings. The Morgan fingerprint density at radius 2 is 2.07 bits per heavy atom. The number of hydrogen-bond donors (Lipinski definition) is 0. The third-order valence-corrected chi connectivity index (χ3v) is 5.28. The molecule has 144 valence electrons. The van der Waals surface area contributed by atoms with Crippen LogP contribution in [0, 0.1) is 6.92 Å². The predicted molar refractivity (Wildman–Crippen MR) is 108 cm³/mol. The molecule has 1 saturated heterocycles. The quantitative estimate of drug-likeness (QED) is 0.645. The van der Waals surface area contributed by atoms with Crippen LogP contribution in [0.15, 0.2) is 53.1 Å². The molecule has 0 bridgehead atoms. The molecule has 1 amide bonds. The van der Waals surface area contributed by atoms with Gasteiger partial charge >= 0.3 is 0 Å². The maximum atomic E-state index is 12.8. The van der Waals surface area contributed by atoms with Crippen molar-refractivity contribution in [1.29, 1.82) is 0 Å². The highest BCUT2D eigenvalue weighted by Gasteiger charge is 2.29. The third-order valence-electron chi connectivity index (χ3n) is 5.03. The van der Waals surface area contributed by atoms with Gasteiger partial charge in [-0.3, -0.25) is 4.79 Å². The second-order valence-corrected chi connectivity index (χ2v) is 7.66. The van der Waals surface area contributed by atoms with Crippen LogP contribution in [0.1, 0.15) is 52.2 Å². The zero-order valence-corrected chi connectivity index (χ0v) is 16.5. The van der Waals surface area contributed by atoms with Crippen LogP contribution in [0.25, 0.3) is 0 Å². The standard InChI is InChI=1S/C22H22ClN3O2/c1-15-4-2-6-20(25-15)22(27)26-11-3-5-17(14-26)21-24-13-19(28-21)12-16-7-9-18(23)10-8-16/h2,4,6-10,13,17H,3,5,11-12,14H2,1H3. The Labute approximate surface area is 169 Å². The van der Waals surface area contributed by atoms with E-state index in [0.29, 0.717) is 24.6 Å². The summed E-state index contributed by atoms with van der Waals surface area (Å²) >= 11 is 5.94. The fourth-order valence-corrected chi connectivity index (χ4v) is 3.71. The highest BCUT2D eigenvalue weighted by atomic mass is 35.5. The number of aromatic nitrogens is 2. The van der Waals surface area contributed by atoms with Gasteiger partial charge in [0.15, 0.2) is 5.89 Å². The lowest BCUT2D eigenvalue weighted by Crippen LogP contribution is -2.39. The summed E-state index contributed by atoms with van der Waals surface area (Å²) in [5, 5.41) is 0.720. The molecule has 1 aliphatic heterocycles. The molecule has 0 aliphatic carbocycles. The fourth-order valence-electron chi connectivity index (χ4n) is 3.58. The number of rotatable bonds is 4. The molecule has 1 aliphatic rings. The van der Waals surface area contributed by atoms with Crippen LogP contribution in [0.5, 0.6) is 0 Å². The number of aryl methyl sites for hydroxylation is 1. The summed E-state index contributed by atoms with van der Waals surface area (Å²) in [5.74, 6) is 1.61. The summed E-state index contributed by atoms with van der Waals surface area (Å²) in [6.45, 7) is 3.24. The first-order chi connectivity index (χ1) is 13.6. The Kier molecular flexibility index (Phi) is 5.44. The molecule has 28 heavy (non-hydrogen) atoms. The molecule has 0 N–H and O–H groups in total. The van der Waals surface area contributed by atoms with Crippen LogP contribution < -0.4 is 0 Å². The number of oxazole rings is 1. The van der Waals surface area contributed by atoms with E-state index in [-0.39, 0.29) is 11.8 Å². The third kappa shape index (κ3) is 4.25. The van der Waals surface area contributed by atoms with Gasteiger partial charge in [-0.25, -0.2) is 9.97 Å². The molecule has 5 nitrogen and oxygen atoms in total. The maximum Gasteiger partial charge on any atom is 0.272 e. The monoisotopic (exact) mass is 395 g/mol. The first kappa shape index (κ1) is 18.7. The van der Waals surface area contributed by atoms with Crippen molar-refractivity contribution in [3.63, 3.8) is 0 Å². The topological polar surface area (TPSA) is 59.2 Å². The molecular weight excluding hydrogens is 374 g/mol. The van der Waals surface area contributed by atoms with Crippen molar-refractivity contribution in [2.24, 2.45) is 0 Å². The minimum atomic E-state index is -0.0265. The van der Waals surface area contributed by atoms with E-state index < -0.39 is 0 Å². The van der Waals surface area contributed by atoms with Crippen LogP contribution in [-0.2, 0) is 6.42 Å². The van der Waals surface area contributed by atoms with Gasteiger partial charge in [-0.05, 0) is 49.6 Å². The summed E-state index contributed by atoms with van der Waals surface area (Å²) in [7, 11) is 0. The van der Waals surface area contributed by atoms with Gasteiger partial charge in [0.1, 0.15) is 11.5 Å². The molecule has 3 aromatic rings. The molecule has 4 rings (SSSR count). The number of hydrogen-bond acceptors (Lipinski definition) is 4. The van der Waals surface area contributed by atoms with Gasteiger partial charge < -0.3 is 9.32 Å². The Balaban J connectivity index is 1.44. The van der Waals surface area contributed by atoms with Crippen molar-refractivity contribution in [2.75, 3.05) is 13.1 Å². The second-order valence-electron chi connectivity index (χ2n) is 7.22. The van der Waals surface area contributed by atoms with Gasteiger partial charge in [0.25, 0.3) is 5.91 Å². The van der Waals surface area contributed by atoms with Gasteiger partial charge in [0.05, 0.1) is 12.1 Å². The first-order valence-electron chi connectivity index (χ1n) is 9.50. The number of pyridine rings is 1. The lowest BCUT2D eigenvalue weighted by molar-refractivity contribution is 0.0691. The Hall–Kier alpha value is -2.66. The summed E-state index contributed by atoms with van der Waals surface area (Å²) < 4.78 is 6.01. The molecule has 0 saturated carbocycles. The maximum absolute atomic E-state index is 12.8. The van der Waals surface area contributed by atoms with Crippen LogP contribution in [0.4, 0.5) is 0 Å². The van der Waals surface area contributed by atoms with E-state index in [1.165, 1.54) is 0 Å². The van der Waals surface area contributed by atoms with Crippen molar-refractivity contribution < 1.29 is 9.21 Å². The molecule has 6 heteroatoms. The number of carbonyl (C=O) groups is 1. The van der Waals surface area contributed by atoms with E-state index >= 15 is 0 Å². The summed E-state index contributed by atoms with van der Waals surface area (Å²) in [6.07, 6.45) is 4.35. The van der Waals surface area contributed by atoms with Crippen LogP contribution in [0.3, 0.4) is 0 Å². The first-order valence-corrected chi connectivity index (χ1v) is 9.88. The molecule has 1 aromatic carbocycles. The van der Waals surface area contributed by atoms with Gasteiger partial charge in [0, 0.05) is 30.2 Å². The van der Waals surface area contributed by atoms with Crippen molar-refractivity contribution in [1.82, 2.24) is 14.9 Å². The smallest absolute Gasteiger partial charge is 0.272 e. The van der Waals surface area contributed by atoms with Crippen molar-refractivity contribution in [3.05, 3.63) is 82.3 Å². The SMILES string of the molecule is Cc1cccc(C(=O)N2CCCC(c3ncc(Cc4ccc(Cl)cc4)o3)C2)n1. The summed E-state index contributed by atoms with van der Waals surface area (Å²) in [5.41, 5.74) is 2.47. The van der Waals surface area contributed by atoms with Gasteiger partial charge in [-0.15, -0.1) is 0 Å². The number of nitrogens with zero attached hydrogens (tertiary/aromatic N) is 3. The number of benzene rings is 1. The van der Waals surface area contributed by atoms with Gasteiger partial charge in [-0.1, -0.05) is 29.8 Å². The molecule has 2 aromatic heterocycles. The van der Waals surface area contributed by atoms with E-state index in [9.17, 15) is 4.79 Å². The number of amides is 1. The zero-order valence-electron chi connectivity index (χ0n) is 15.8. The molecule has 3 heterocycles. The van der Waals surface area contributed by atoms with Crippen molar-refractivity contribution in [3.8, 4) is 0 Å². The lowest BCUT2D eigenvalue weighted by Gasteiger charge is -2.31. The number of piperidine rings is 1. The molecule has 0 spiro atoms. The Morgan fingerprint density at radius 3 is 2.86 bits per heavy atom. The number of likely N-dealkylation sites (tertiary alicyclic amines) is 1. The van der Waals surface area contributed by atoms with Gasteiger partial charge in [-0.2, -0.15) is 0 Å². The fraction of sp³-hybridized carbons (Fsp3) is 0.318. The van der Waals surface area contributed by atoms with E-state index in [0.717, 1.165) is 41.4 Å². The Bertz CT molecular complexity index is 968. The number of halogens is 1.